The van der Waals surface area contributed by atoms with Crippen LogP contribution < -0.4 is 0 Å². The van der Waals surface area contributed by atoms with Crippen LogP contribution in [-0.4, -0.2) is 0 Å². The van der Waals surface area contributed by atoms with Gasteiger partial charge < -0.3 is 4.74 Å². The highest BCUT2D eigenvalue weighted by atomic mass is 16.5. The Morgan fingerprint density at radius 2 is 2.62 bits per heavy atom. The van der Waals surface area contributed by atoms with Gasteiger partial charge in [0.15, 0.2) is 0 Å². The first-order valence-electron chi connectivity index (χ1n) is 2.35. The standard InChI is InChI=1S/C6H5NO/c7-5-8-6-3-1-2-4-6/h1-3H,4H2. The molecule has 0 aromatic carbocycles. The van der Waals surface area contributed by atoms with Crippen LogP contribution in [0.15, 0.2) is 24.0 Å². The molecule has 0 saturated heterocycles. The van der Waals surface area contributed by atoms with E-state index in [1.54, 1.807) is 12.3 Å². The molecule has 0 aliphatic heterocycles. The molecular formula is C6H5NO. The van der Waals surface area contributed by atoms with E-state index >= 15 is 0 Å². The van der Waals surface area contributed by atoms with E-state index < -0.39 is 0 Å². The van der Waals surface area contributed by atoms with Crippen LogP contribution in [0.4, 0.5) is 0 Å². The molecule has 1 aliphatic carbocycles. The smallest absolute Gasteiger partial charge is 0.291 e. The van der Waals surface area contributed by atoms with Crippen molar-refractivity contribution in [2.24, 2.45) is 0 Å². The van der Waals surface area contributed by atoms with Gasteiger partial charge in [0.1, 0.15) is 5.76 Å². The molecule has 1 aliphatic rings. The highest BCUT2D eigenvalue weighted by molar-refractivity contribution is 5.18. The third-order valence-corrected chi connectivity index (χ3v) is 0.914. The van der Waals surface area contributed by atoms with E-state index in [-0.39, 0.29) is 0 Å². The first-order valence-corrected chi connectivity index (χ1v) is 2.35. The minimum atomic E-state index is 0.729. The van der Waals surface area contributed by atoms with Gasteiger partial charge in [-0.15, -0.1) is 5.26 Å². The summed E-state index contributed by atoms with van der Waals surface area (Å²) >= 11 is 0. The van der Waals surface area contributed by atoms with E-state index in [0.717, 1.165) is 12.2 Å². The van der Waals surface area contributed by atoms with Gasteiger partial charge >= 0.3 is 0 Å². The predicted molar refractivity (Wildman–Crippen MR) is 28.5 cm³/mol. The largest absolute Gasteiger partial charge is 0.392 e. The molecule has 0 amide bonds. The van der Waals surface area contributed by atoms with Crippen molar-refractivity contribution in [1.29, 1.82) is 5.26 Å². The topological polar surface area (TPSA) is 33.0 Å². The molecule has 0 atom stereocenters. The lowest BCUT2D eigenvalue weighted by Crippen LogP contribution is -1.77. The molecule has 0 bridgehead atoms. The number of allylic oxidation sites excluding steroid dienone is 3. The number of nitriles is 1. The van der Waals surface area contributed by atoms with Gasteiger partial charge in [-0.25, -0.2) is 0 Å². The Morgan fingerprint density at radius 3 is 3.12 bits per heavy atom. The molecule has 0 N–H and O–H groups in total. The van der Waals surface area contributed by atoms with Gasteiger partial charge in [-0.1, -0.05) is 12.2 Å². The molecule has 0 saturated carbocycles. The van der Waals surface area contributed by atoms with Gasteiger partial charge in [0, 0.05) is 6.42 Å². The fourth-order valence-electron chi connectivity index (χ4n) is 0.562. The summed E-state index contributed by atoms with van der Waals surface area (Å²) in [5.41, 5.74) is 0. The van der Waals surface area contributed by atoms with Crippen molar-refractivity contribution in [1.82, 2.24) is 0 Å². The van der Waals surface area contributed by atoms with Crippen molar-refractivity contribution < 1.29 is 4.74 Å². The minimum absolute atomic E-state index is 0.729. The monoisotopic (exact) mass is 107 g/mol. The molecule has 0 radical (unpaired) electrons. The summed E-state index contributed by atoms with van der Waals surface area (Å²) in [6, 6.07) is 0. The van der Waals surface area contributed by atoms with Gasteiger partial charge in [-0.3, -0.25) is 0 Å². The van der Waals surface area contributed by atoms with E-state index in [9.17, 15) is 0 Å². The molecule has 8 heavy (non-hydrogen) atoms. The normalized spacial score (nSPS) is 15.1. The lowest BCUT2D eigenvalue weighted by molar-refractivity contribution is 0.369. The maximum Gasteiger partial charge on any atom is 0.291 e. The van der Waals surface area contributed by atoms with Crippen LogP contribution in [0, 0.1) is 11.5 Å². The molecule has 2 nitrogen and oxygen atoms in total. The zero-order valence-corrected chi connectivity index (χ0v) is 4.29. The Labute approximate surface area is 47.7 Å². The highest BCUT2D eigenvalue weighted by Gasteiger charge is 1.96. The van der Waals surface area contributed by atoms with Gasteiger partial charge in [0.25, 0.3) is 6.26 Å². The summed E-state index contributed by atoms with van der Waals surface area (Å²) in [5.74, 6) is 0.729. The first-order chi connectivity index (χ1) is 3.93. The molecule has 0 fully saturated rings. The van der Waals surface area contributed by atoms with Gasteiger partial charge in [0.05, 0.1) is 0 Å². The lowest BCUT2D eigenvalue weighted by atomic mass is 10.4. The number of hydrogen-bond donors (Lipinski definition) is 0. The minimum Gasteiger partial charge on any atom is -0.392 e. The molecule has 1 rings (SSSR count). The van der Waals surface area contributed by atoms with Crippen molar-refractivity contribution >= 4 is 0 Å². The fraction of sp³-hybridized carbons (Fsp3) is 0.167. The summed E-state index contributed by atoms with van der Waals surface area (Å²) in [7, 11) is 0. The molecule has 0 aromatic heterocycles. The fourth-order valence-corrected chi connectivity index (χ4v) is 0.562. The quantitative estimate of drug-likeness (QED) is 0.473. The van der Waals surface area contributed by atoms with Crippen molar-refractivity contribution in [2.75, 3.05) is 0 Å². The first kappa shape index (κ1) is 4.92. The molecule has 2 heteroatoms. The SMILES string of the molecule is N#COC1=CC=CC1. The third kappa shape index (κ3) is 0.881. The summed E-state index contributed by atoms with van der Waals surface area (Å²) < 4.78 is 4.51. The van der Waals surface area contributed by atoms with E-state index in [0.29, 0.717) is 0 Å². The summed E-state index contributed by atoms with van der Waals surface area (Å²) in [5, 5.41) is 7.99. The maximum absolute atomic E-state index is 7.99. The molecule has 0 unspecified atom stereocenters. The second-order valence-electron chi connectivity index (χ2n) is 1.46. The average Bonchev–Trinajstić information content (AvgIpc) is 2.19. The second kappa shape index (κ2) is 2.17. The molecule has 0 spiro atoms. The van der Waals surface area contributed by atoms with E-state index in [1.165, 1.54) is 0 Å². The Kier molecular flexibility index (Phi) is 1.34. The van der Waals surface area contributed by atoms with Crippen LogP contribution in [0.5, 0.6) is 0 Å². The number of ether oxygens (including phenoxy) is 1. The number of hydrogen-bond acceptors (Lipinski definition) is 2. The van der Waals surface area contributed by atoms with Gasteiger partial charge in [-0.05, 0) is 6.08 Å². The predicted octanol–water partition coefficient (Wildman–Crippen LogP) is 1.33. The number of nitrogens with zero attached hydrogens (tertiary/aromatic N) is 1. The molecule has 40 valence electrons. The van der Waals surface area contributed by atoms with Gasteiger partial charge in [0.2, 0.25) is 0 Å². The number of rotatable bonds is 1. The van der Waals surface area contributed by atoms with Crippen molar-refractivity contribution in [3.63, 3.8) is 0 Å². The molecular weight excluding hydrogens is 102 g/mol. The van der Waals surface area contributed by atoms with Crippen molar-refractivity contribution in [2.45, 2.75) is 6.42 Å². The summed E-state index contributed by atoms with van der Waals surface area (Å²) in [6.07, 6.45) is 7.94. The Hall–Kier alpha value is -1.23. The average molecular weight is 107 g/mol. The van der Waals surface area contributed by atoms with Crippen molar-refractivity contribution in [3.8, 4) is 6.26 Å². The highest BCUT2D eigenvalue weighted by Crippen LogP contribution is 2.09. The Bertz CT molecular complexity index is 173. The second-order valence-corrected chi connectivity index (χ2v) is 1.46. The zero-order valence-electron chi connectivity index (χ0n) is 4.29. The molecule has 0 aromatic rings. The van der Waals surface area contributed by atoms with Crippen LogP contribution >= 0.6 is 0 Å². The maximum atomic E-state index is 7.99. The Balaban J connectivity index is 2.42. The van der Waals surface area contributed by atoms with Gasteiger partial charge in [-0.2, -0.15) is 0 Å². The lowest BCUT2D eigenvalue weighted by Gasteiger charge is -1.89. The van der Waals surface area contributed by atoms with E-state index in [1.807, 2.05) is 12.2 Å². The van der Waals surface area contributed by atoms with E-state index in [2.05, 4.69) is 4.74 Å². The van der Waals surface area contributed by atoms with Crippen LogP contribution in [-0.2, 0) is 4.74 Å². The van der Waals surface area contributed by atoms with Crippen molar-refractivity contribution in [3.05, 3.63) is 24.0 Å². The van der Waals surface area contributed by atoms with Crippen LogP contribution in [0.3, 0.4) is 0 Å². The van der Waals surface area contributed by atoms with Crippen LogP contribution in [0.1, 0.15) is 6.42 Å². The molecule has 0 heterocycles. The van der Waals surface area contributed by atoms with Crippen LogP contribution in [0.25, 0.3) is 0 Å². The summed E-state index contributed by atoms with van der Waals surface area (Å²) in [6.45, 7) is 0. The zero-order chi connectivity index (χ0) is 5.82. The third-order valence-electron chi connectivity index (χ3n) is 0.914. The Morgan fingerprint density at radius 1 is 1.75 bits per heavy atom. The van der Waals surface area contributed by atoms with Crippen LogP contribution in [0.2, 0.25) is 0 Å². The van der Waals surface area contributed by atoms with E-state index in [4.69, 9.17) is 5.26 Å². The summed E-state index contributed by atoms with van der Waals surface area (Å²) in [4.78, 5) is 0.